The van der Waals surface area contributed by atoms with Gasteiger partial charge in [-0.15, -0.1) is 12.4 Å². The van der Waals surface area contributed by atoms with Gasteiger partial charge in [0.2, 0.25) is 0 Å². The maximum absolute atomic E-state index is 10.5. The molecular weight excluding hydrogens is 154 g/mol. The molecule has 5 heteroatoms. The van der Waals surface area contributed by atoms with Gasteiger partial charge in [-0.1, -0.05) is 0 Å². The molecule has 0 aliphatic heterocycles. The van der Waals surface area contributed by atoms with E-state index in [2.05, 4.69) is 15.5 Å². The topological polar surface area (TPSA) is 57.8 Å². The van der Waals surface area contributed by atoms with E-state index in [1.54, 1.807) is 13.2 Å². The molecule has 2 N–H and O–H groups in total. The summed E-state index contributed by atoms with van der Waals surface area (Å²) in [5.41, 5.74) is 0.528. The fourth-order valence-electron chi connectivity index (χ4n) is 0.513. The fraction of sp³-hybridized carbons (Fsp3) is 0.200. The van der Waals surface area contributed by atoms with Gasteiger partial charge in [0.1, 0.15) is 0 Å². The molecule has 0 bridgehead atoms. The Morgan fingerprint density at radius 2 is 2.40 bits per heavy atom. The normalized spacial score (nSPS) is 8.10. The average Bonchev–Trinajstić information content (AvgIpc) is 1.88. The van der Waals surface area contributed by atoms with Gasteiger partial charge in [0.15, 0.2) is 0 Å². The van der Waals surface area contributed by atoms with Crippen LogP contribution in [0.15, 0.2) is 17.1 Å². The van der Waals surface area contributed by atoms with E-state index in [1.807, 2.05) is 0 Å². The van der Waals surface area contributed by atoms with Crippen LogP contribution in [0.5, 0.6) is 0 Å². The third-order valence-corrected chi connectivity index (χ3v) is 0.954. The number of nitrogens with zero attached hydrogens (tertiary/aromatic N) is 1. The number of nitrogens with one attached hydrogen (secondary N) is 2. The second-order valence-corrected chi connectivity index (χ2v) is 1.58. The highest BCUT2D eigenvalue weighted by Gasteiger charge is 1.85. The van der Waals surface area contributed by atoms with Gasteiger partial charge in [0.05, 0.1) is 11.9 Å². The summed E-state index contributed by atoms with van der Waals surface area (Å²) in [4.78, 5) is 10.5. The van der Waals surface area contributed by atoms with Gasteiger partial charge >= 0.3 is 0 Å². The quantitative estimate of drug-likeness (QED) is 0.620. The molecular formula is C5H8ClN3O. The van der Waals surface area contributed by atoms with Crippen molar-refractivity contribution in [1.29, 1.82) is 0 Å². The van der Waals surface area contributed by atoms with Crippen LogP contribution in [0.2, 0.25) is 0 Å². The Balaban J connectivity index is 0.000000810. The minimum atomic E-state index is -0.193. The van der Waals surface area contributed by atoms with E-state index in [9.17, 15) is 4.79 Å². The third kappa shape index (κ3) is 2.06. The van der Waals surface area contributed by atoms with Crippen LogP contribution >= 0.6 is 12.4 Å². The number of aromatic amines is 1. The third-order valence-electron chi connectivity index (χ3n) is 0.954. The molecule has 1 heterocycles. The van der Waals surface area contributed by atoms with Crippen molar-refractivity contribution in [2.24, 2.45) is 0 Å². The van der Waals surface area contributed by atoms with Crippen molar-refractivity contribution in [2.45, 2.75) is 0 Å². The number of hydrogen-bond donors (Lipinski definition) is 2. The number of hydrogen-bond acceptors (Lipinski definition) is 3. The van der Waals surface area contributed by atoms with Crippen LogP contribution in [-0.2, 0) is 0 Å². The first kappa shape index (κ1) is 8.97. The largest absolute Gasteiger partial charge is 0.387 e. The molecule has 56 valence electrons. The molecule has 0 saturated heterocycles. The van der Waals surface area contributed by atoms with Crippen molar-refractivity contribution in [3.63, 3.8) is 0 Å². The van der Waals surface area contributed by atoms with Crippen LogP contribution < -0.4 is 10.9 Å². The summed E-state index contributed by atoms with van der Waals surface area (Å²) in [5.74, 6) is 0. The van der Waals surface area contributed by atoms with Gasteiger partial charge in [-0.25, -0.2) is 5.10 Å². The van der Waals surface area contributed by atoms with Crippen molar-refractivity contribution >= 4 is 18.1 Å². The fourth-order valence-corrected chi connectivity index (χ4v) is 0.513. The van der Waals surface area contributed by atoms with Crippen molar-refractivity contribution < 1.29 is 0 Å². The highest BCUT2D eigenvalue weighted by Crippen LogP contribution is 1.93. The van der Waals surface area contributed by atoms with Crippen LogP contribution in [0.1, 0.15) is 0 Å². The lowest BCUT2D eigenvalue weighted by molar-refractivity contribution is 0.989. The highest BCUT2D eigenvalue weighted by atomic mass is 35.5. The smallest absolute Gasteiger partial charge is 0.266 e. The van der Waals surface area contributed by atoms with E-state index < -0.39 is 0 Å². The number of anilines is 1. The summed E-state index contributed by atoms with van der Waals surface area (Å²) in [7, 11) is 1.73. The minimum absolute atomic E-state index is 0. The lowest BCUT2D eigenvalue weighted by Crippen LogP contribution is -2.06. The lowest BCUT2D eigenvalue weighted by atomic mass is 10.5. The van der Waals surface area contributed by atoms with Crippen molar-refractivity contribution in [2.75, 3.05) is 12.4 Å². The van der Waals surface area contributed by atoms with Crippen molar-refractivity contribution in [3.05, 3.63) is 22.6 Å². The molecule has 1 aromatic rings. The molecule has 0 atom stereocenters. The second kappa shape index (κ2) is 3.90. The molecule has 0 spiro atoms. The van der Waals surface area contributed by atoms with Crippen LogP contribution in [0.25, 0.3) is 0 Å². The number of rotatable bonds is 1. The molecule has 0 fully saturated rings. The zero-order valence-electron chi connectivity index (χ0n) is 5.42. The molecule has 10 heavy (non-hydrogen) atoms. The molecule has 0 aliphatic rings. The van der Waals surface area contributed by atoms with Crippen LogP contribution in [0.3, 0.4) is 0 Å². The summed E-state index contributed by atoms with van der Waals surface area (Å²) < 4.78 is 0. The van der Waals surface area contributed by atoms with E-state index in [4.69, 9.17) is 0 Å². The van der Waals surface area contributed by atoms with Crippen molar-refractivity contribution in [3.8, 4) is 0 Å². The first-order valence-corrected chi connectivity index (χ1v) is 2.55. The lowest BCUT2D eigenvalue weighted by Gasteiger charge is -1.92. The standard InChI is InChI=1S/C5H7N3O.ClH/c1-6-4-2-5(9)8-7-3-4;/h2-3H,1H3,(H2,6,8,9);1H. The Kier molecular flexibility index (Phi) is 3.49. The van der Waals surface area contributed by atoms with Gasteiger partial charge in [-0.3, -0.25) is 4.79 Å². The Labute approximate surface area is 64.1 Å². The first-order valence-electron chi connectivity index (χ1n) is 2.55. The zero-order valence-corrected chi connectivity index (χ0v) is 6.23. The molecule has 0 aliphatic carbocycles. The Bertz CT molecular complexity index is 247. The maximum Gasteiger partial charge on any atom is 0.266 e. The monoisotopic (exact) mass is 161 g/mol. The highest BCUT2D eigenvalue weighted by molar-refractivity contribution is 5.85. The maximum atomic E-state index is 10.5. The van der Waals surface area contributed by atoms with E-state index in [0.29, 0.717) is 0 Å². The van der Waals surface area contributed by atoms with Crippen LogP contribution in [0, 0.1) is 0 Å². The van der Waals surface area contributed by atoms with E-state index in [1.165, 1.54) is 6.07 Å². The molecule has 0 radical (unpaired) electrons. The van der Waals surface area contributed by atoms with Gasteiger partial charge in [-0.2, -0.15) is 5.10 Å². The summed E-state index contributed by atoms with van der Waals surface area (Å²) in [6.07, 6.45) is 1.54. The van der Waals surface area contributed by atoms with Crippen molar-refractivity contribution in [1.82, 2.24) is 10.2 Å². The predicted octanol–water partition coefficient (Wildman–Crippen LogP) is 0.233. The minimum Gasteiger partial charge on any atom is -0.387 e. The zero-order chi connectivity index (χ0) is 6.69. The number of H-pyrrole nitrogens is 1. The summed E-state index contributed by atoms with van der Waals surface area (Å²) >= 11 is 0. The molecule has 0 saturated carbocycles. The average molecular weight is 162 g/mol. The summed E-state index contributed by atoms with van der Waals surface area (Å²) in [6.45, 7) is 0. The Morgan fingerprint density at radius 1 is 1.70 bits per heavy atom. The summed E-state index contributed by atoms with van der Waals surface area (Å²) in [5, 5.41) is 8.60. The SMILES string of the molecule is CNc1cn[nH]c(=O)c1.Cl. The van der Waals surface area contributed by atoms with Crippen LogP contribution in [0.4, 0.5) is 5.69 Å². The van der Waals surface area contributed by atoms with Gasteiger partial charge < -0.3 is 5.32 Å². The van der Waals surface area contributed by atoms with Gasteiger partial charge in [-0.05, 0) is 0 Å². The van der Waals surface area contributed by atoms with E-state index in [0.717, 1.165) is 5.69 Å². The molecule has 0 aromatic carbocycles. The van der Waals surface area contributed by atoms with Gasteiger partial charge in [0.25, 0.3) is 5.56 Å². The summed E-state index contributed by atoms with van der Waals surface area (Å²) in [6, 6.07) is 1.44. The molecule has 1 rings (SSSR count). The Morgan fingerprint density at radius 3 is 2.80 bits per heavy atom. The van der Waals surface area contributed by atoms with E-state index >= 15 is 0 Å². The Hall–Kier alpha value is -1.03. The molecule has 1 aromatic heterocycles. The number of aromatic nitrogens is 2. The predicted molar refractivity (Wildman–Crippen MR) is 41.7 cm³/mol. The molecule has 4 nitrogen and oxygen atoms in total. The first-order chi connectivity index (χ1) is 4.33. The number of halogens is 1. The molecule has 0 unspecified atom stereocenters. The van der Waals surface area contributed by atoms with Crippen LogP contribution in [-0.4, -0.2) is 17.2 Å². The second-order valence-electron chi connectivity index (χ2n) is 1.58. The molecule has 0 amide bonds. The van der Waals surface area contributed by atoms with Gasteiger partial charge in [0, 0.05) is 13.1 Å². The van der Waals surface area contributed by atoms with E-state index in [-0.39, 0.29) is 18.0 Å².